The Morgan fingerprint density at radius 1 is 1.08 bits per heavy atom. The molecule has 36 heavy (non-hydrogen) atoms. The maximum Gasteiger partial charge on any atom is 0.244 e. The first kappa shape index (κ1) is 28.0. The topological polar surface area (TPSA) is 86.8 Å². The maximum absolute atomic E-state index is 13.8. The highest BCUT2D eigenvalue weighted by molar-refractivity contribution is 7.92. The van der Waals surface area contributed by atoms with Crippen LogP contribution in [0, 0.1) is 13.8 Å². The summed E-state index contributed by atoms with van der Waals surface area (Å²) in [5.74, 6) is -0.645. The predicted octanol–water partition coefficient (Wildman–Crippen LogP) is 4.59. The number of sulfonamides is 1. The minimum Gasteiger partial charge on any atom is -0.352 e. The van der Waals surface area contributed by atoms with Crippen LogP contribution in [0.3, 0.4) is 0 Å². The van der Waals surface area contributed by atoms with Crippen molar-refractivity contribution < 1.29 is 18.0 Å². The molecular weight excluding hydrogens is 498 g/mol. The number of nitrogens with one attached hydrogen (secondary N) is 1. The molecule has 0 saturated heterocycles. The van der Waals surface area contributed by atoms with Gasteiger partial charge in [-0.15, -0.1) is 0 Å². The highest BCUT2D eigenvalue weighted by Gasteiger charge is 2.33. The first-order chi connectivity index (χ1) is 17.0. The fourth-order valence-corrected chi connectivity index (χ4v) is 5.79. The first-order valence-corrected chi connectivity index (χ1v) is 14.6. The third-order valence-corrected chi connectivity index (χ3v) is 8.03. The summed E-state index contributed by atoms with van der Waals surface area (Å²) >= 11 is 6.04. The predicted molar refractivity (Wildman–Crippen MR) is 145 cm³/mol. The monoisotopic (exact) mass is 533 g/mol. The molecule has 3 rings (SSSR count). The number of hydrogen-bond donors (Lipinski definition) is 1. The van der Waals surface area contributed by atoms with Crippen molar-refractivity contribution in [3.8, 4) is 0 Å². The average Bonchev–Trinajstić information content (AvgIpc) is 3.31. The lowest BCUT2D eigenvalue weighted by Gasteiger charge is -2.33. The molecule has 196 valence electrons. The van der Waals surface area contributed by atoms with Gasteiger partial charge in [-0.05, 0) is 62.4 Å². The Balaban J connectivity index is 1.93. The van der Waals surface area contributed by atoms with E-state index in [0.717, 1.165) is 52.9 Å². The van der Waals surface area contributed by atoms with Gasteiger partial charge in [-0.1, -0.05) is 61.2 Å². The second kappa shape index (κ2) is 12.1. The van der Waals surface area contributed by atoms with Crippen LogP contribution < -0.4 is 9.62 Å². The van der Waals surface area contributed by atoms with Gasteiger partial charge in [0.1, 0.15) is 12.6 Å². The molecule has 1 fully saturated rings. The molecule has 2 amide bonds. The molecule has 0 spiro atoms. The Bertz CT molecular complexity index is 1180. The smallest absolute Gasteiger partial charge is 0.244 e. The zero-order chi connectivity index (χ0) is 26.5. The van der Waals surface area contributed by atoms with Gasteiger partial charge in [-0.25, -0.2) is 8.42 Å². The Hall–Kier alpha value is -2.58. The zero-order valence-electron chi connectivity index (χ0n) is 21.5. The number of amides is 2. The third-order valence-electron chi connectivity index (χ3n) is 6.65. The molecule has 1 N–H and O–H groups in total. The van der Waals surface area contributed by atoms with E-state index >= 15 is 0 Å². The molecule has 1 aliphatic carbocycles. The van der Waals surface area contributed by atoms with E-state index in [1.54, 1.807) is 18.2 Å². The third kappa shape index (κ3) is 7.23. The second-order valence-electron chi connectivity index (χ2n) is 9.62. The summed E-state index contributed by atoms with van der Waals surface area (Å²) in [6.07, 6.45) is 5.51. The molecule has 0 bridgehead atoms. The number of hydrogen-bond acceptors (Lipinski definition) is 4. The van der Waals surface area contributed by atoms with Crippen molar-refractivity contribution in [2.75, 3.05) is 17.1 Å². The van der Waals surface area contributed by atoms with Gasteiger partial charge in [-0.2, -0.15) is 0 Å². The molecular formula is C27H36ClN3O4S. The summed E-state index contributed by atoms with van der Waals surface area (Å²) < 4.78 is 26.7. The van der Waals surface area contributed by atoms with Gasteiger partial charge in [0, 0.05) is 17.6 Å². The van der Waals surface area contributed by atoms with Crippen molar-refractivity contribution in [1.82, 2.24) is 10.2 Å². The van der Waals surface area contributed by atoms with Crippen LogP contribution in [-0.2, 0) is 26.2 Å². The van der Waals surface area contributed by atoms with E-state index < -0.39 is 28.5 Å². The summed E-state index contributed by atoms with van der Waals surface area (Å²) in [5, 5.41) is 3.68. The van der Waals surface area contributed by atoms with Crippen LogP contribution in [0.25, 0.3) is 0 Å². The highest BCUT2D eigenvalue weighted by Crippen LogP contribution is 2.25. The van der Waals surface area contributed by atoms with Gasteiger partial charge in [0.15, 0.2) is 0 Å². The van der Waals surface area contributed by atoms with Crippen LogP contribution in [0.5, 0.6) is 0 Å². The number of carbonyl (C=O) groups is 2. The van der Waals surface area contributed by atoms with E-state index in [4.69, 9.17) is 11.6 Å². The van der Waals surface area contributed by atoms with Gasteiger partial charge in [-0.3, -0.25) is 13.9 Å². The minimum atomic E-state index is -3.76. The van der Waals surface area contributed by atoms with Crippen LogP contribution in [0.2, 0.25) is 5.02 Å². The molecule has 0 radical (unpaired) electrons. The summed E-state index contributed by atoms with van der Waals surface area (Å²) in [6.45, 7) is 5.37. The Kier molecular flexibility index (Phi) is 9.41. The SMILES string of the molecule is CC[C@@H](C(=O)NC1CCCC1)N(Cc1ccc(Cl)cc1)C(=O)CN(c1ccc(C)cc1C)S(C)(=O)=O. The minimum absolute atomic E-state index is 0.113. The van der Waals surface area contributed by atoms with Crippen molar-refractivity contribution in [2.45, 2.75) is 71.5 Å². The number of carbonyl (C=O) groups excluding carboxylic acids is 2. The number of nitrogens with zero attached hydrogens (tertiary/aromatic N) is 2. The normalized spacial score (nSPS) is 14.9. The van der Waals surface area contributed by atoms with E-state index in [9.17, 15) is 18.0 Å². The van der Waals surface area contributed by atoms with Crippen LogP contribution >= 0.6 is 11.6 Å². The van der Waals surface area contributed by atoms with Gasteiger partial charge in [0.25, 0.3) is 0 Å². The fourth-order valence-electron chi connectivity index (χ4n) is 4.75. The Morgan fingerprint density at radius 2 is 1.72 bits per heavy atom. The number of halogens is 1. The van der Waals surface area contributed by atoms with E-state index in [1.165, 1.54) is 4.90 Å². The molecule has 0 heterocycles. The van der Waals surface area contributed by atoms with Crippen LogP contribution in [0.1, 0.15) is 55.7 Å². The van der Waals surface area contributed by atoms with Crippen molar-refractivity contribution in [3.05, 3.63) is 64.2 Å². The molecule has 0 aromatic heterocycles. The van der Waals surface area contributed by atoms with Crippen LogP contribution in [0.4, 0.5) is 5.69 Å². The fraction of sp³-hybridized carbons (Fsp3) is 0.481. The molecule has 7 nitrogen and oxygen atoms in total. The van der Waals surface area contributed by atoms with Crippen molar-refractivity contribution >= 4 is 39.1 Å². The van der Waals surface area contributed by atoms with E-state index in [-0.39, 0.29) is 18.5 Å². The van der Waals surface area contributed by atoms with E-state index in [1.807, 2.05) is 45.0 Å². The molecule has 1 aliphatic rings. The average molecular weight is 534 g/mol. The standard InChI is InChI=1S/C27H36ClN3O4S/c1-5-24(27(33)29-23-8-6-7-9-23)30(17-21-11-13-22(28)14-12-21)26(32)18-31(36(4,34)35)25-15-10-19(2)16-20(25)3/h10-16,23-24H,5-9,17-18H2,1-4H3,(H,29,33)/t24-/m0/s1. The van der Waals surface area contributed by atoms with Gasteiger partial charge in [0.2, 0.25) is 21.8 Å². The largest absolute Gasteiger partial charge is 0.352 e. The quantitative estimate of drug-likeness (QED) is 0.484. The van der Waals surface area contributed by atoms with Crippen molar-refractivity contribution in [2.24, 2.45) is 0 Å². The molecule has 2 aromatic rings. The van der Waals surface area contributed by atoms with E-state index in [2.05, 4.69) is 5.32 Å². The van der Waals surface area contributed by atoms with Gasteiger partial charge in [0.05, 0.1) is 11.9 Å². The number of benzene rings is 2. The zero-order valence-corrected chi connectivity index (χ0v) is 23.0. The maximum atomic E-state index is 13.8. The highest BCUT2D eigenvalue weighted by atomic mass is 35.5. The number of aryl methyl sites for hydroxylation is 2. The number of rotatable bonds is 10. The van der Waals surface area contributed by atoms with Gasteiger partial charge < -0.3 is 10.2 Å². The molecule has 0 aliphatic heterocycles. The first-order valence-electron chi connectivity index (χ1n) is 12.4. The summed E-state index contributed by atoms with van der Waals surface area (Å²) in [4.78, 5) is 28.6. The molecule has 1 saturated carbocycles. The lowest BCUT2D eigenvalue weighted by Crippen LogP contribution is -2.53. The molecule has 0 unspecified atom stereocenters. The molecule has 9 heteroatoms. The second-order valence-corrected chi connectivity index (χ2v) is 12.0. The number of anilines is 1. The van der Waals surface area contributed by atoms with Crippen LogP contribution in [0.15, 0.2) is 42.5 Å². The van der Waals surface area contributed by atoms with Crippen molar-refractivity contribution in [3.63, 3.8) is 0 Å². The summed E-state index contributed by atoms with van der Waals surface area (Å²) in [5.41, 5.74) is 3.00. The summed E-state index contributed by atoms with van der Waals surface area (Å²) in [6, 6.07) is 11.9. The van der Waals surface area contributed by atoms with Gasteiger partial charge >= 0.3 is 0 Å². The van der Waals surface area contributed by atoms with Crippen molar-refractivity contribution in [1.29, 1.82) is 0 Å². The molecule has 1 atom stereocenters. The Morgan fingerprint density at radius 3 is 2.28 bits per heavy atom. The lowest BCUT2D eigenvalue weighted by atomic mass is 10.1. The summed E-state index contributed by atoms with van der Waals surface area (Å²) in [7, 11) is -3.76. The lowest BCUT2D eigenvalue weighted by molar-refractivity contribution is -0.140. The Labute approximate surface area is 219 Å². The van der Waals surface area contributed by atoms with Crippen LogP contribution in [-0.4, -0.2) is 50.0 Å². The van der Waals surface area contributed by atoms with E-state index in [0.29, 0.717) is 17.1 Å². The molecule has 2 aromatic carbocycles.